The Balaban J connectivity index is 0.00000324. The van der Waals surface area contributed by atoms with Gasteiger partial charge in [-0.3, -0.25) is 0 Å². The highest BCUT2D eigenvalue weighted by molar-refractivity contribution is 6.70. The molecule has 0 aliphatic heterocycles. The van der Waals surface area contributed by atoms with Gasteiger partial charge >= 0.3 is 0 Å². The first-order valence-electron chi connectivity index (χ1n) is 6.82. The third-order valence-electron chi connectivity index (χ3n) is 2.79. The summed E-state index contributed by atoms with van der Waals surface area (Å²) in [5.41, 5.74) is 7.40. The van der Waals surface area contributed by atoms with Gasteiger partial charge in [-0.1, -0.05) is 26.0 Å². The molecule has 0 unspecified atom stereocenters. The normalized spacial score (nSPS) is 13.0. The topological polar surface area (TPSA) is 35.2 Å². The molecule has 0 heterocycles. The molecule has 1 rings (SSSR count). The van der Waals surface area contributed by atoms with E-state index in [0.717, 1.165) is 12.2 Å². The van der Waals surface area contributed by atoms with Gasteiger partial charge in [0.05, 0.1) is 0 Å². The molecule has 0 bridgehead atoms. The van der Waals surface area contributed by atoms with Crippen molar-refractivity contribution in [2.75, 3.05) is 0 Å². The summed E-state index contributed by atoms with van der Waals surface area (Å²) in [7, 11) is -1.50. The summed E-state index contributed by atoms with van der Waals surface area (Å²) in [6.45, 7) is 11.0. The van der Waals surface area contributed by atoms with Crippen molar-refractivity contribution in [3.05, 3.63) is 29.8 Å². The summed E-state index contributed by atoms with van der Waals surface area (Å²) in [6, 6.07) is 8.43. The van der Waals surface area contributed by atoms with Gasteiger partial charge in [0.25, 0.3) is 0 Å². The first-order valence-corrected chi connectivity index (χ1v) is 10.2. The largest absolute Gasteiger partial charge is 0.544 e. The lowest BCUT2D eigenvalue weighted by atomic mass is 9.98. The second-order valence-corrected chi connectivity index (χ2v) is 10.8. The van der Waals surface area contributed by atoms with Gasteiger partial charge in [-0.15, -0.1) is 12.4 Å². The fourth-order valence-electron chi connectivity index (χ4n) is 1.82. The van der Waals surface area contributed by atoms with Crippen molar-refractivity contribution in [2.45, 2.75) is 52.4 Å². The average Bonchev–Trinajstić information content (AvgIpc) is 2.24. The number of hydrogen-bond acceptors (Lipinski definition) is 2. The van der Waals surface area contributed by atoms with E-state index in [9.17, 15) is 0 Å². The van der Waals surface area contributed by atoms with E-state index in [1.54, 1.807) is 0 Å². The minimum absolute atomic E-state index is 0. The van der Waals surface area contributed by atoms with Crippen LogP contribution in [-0.4, -0.2) is 8.32 Å². The molecule has 110 valence electrons. The average molecular weight is 302 g/mol. The molecule has 0 aliphatic carbocycles. The predicted octanol–water partition coefficient (Wildman–Crippen LogP) is 4.76. The van der Waals surface area contributed by atoms with Crippen LogP contribution in [0.15, 0.2) is 24.3 Å². The van der Waals surface area contributed by atoms with Crippen molar-refractivity contribution in [1.29, 1.82) is 0 Å². The lowest BCUT2D eigenvalue weighted by Crippen LogP contribution is -2.29. The summed E-state index contributed by atoms with van der Waals surface area (Å²) in [6.07, 6.45) is 2.22. The van der Waals surface area contributed by atoms with E-state index < -0.39 is 8.32 Å². The molecule has 2 N–H and O–H groups in total. The van der Waals surface area contributed by atoms with Crippen molar-refractivity contribution in [1.82, 2.24) is 0 Å². The van der Waals surface area contributed by atoms with Crippen LogP contribution in [0.1, 0.15) is 38.3 Å². The Morgan fingerprint density at radius 2 is 1.58 bits per heavy atom. The van der Waals surface area contributed by atoms with Crippen LogP contribution in [0.4, 0.5) is 0 Å². The summed E-state index contributed by atoms with van der Waals surface area (Å²) in [5.74, 6) is 1.68. The van der Waals surface area contributed by atoms with E-state index in [4.69, 9.17) is 10.2 Å². The number of halogens is 1. The maximum absolute atomic E-state index is 6.19. The van der Waals surface area contributed by atoms with E-state index >= 15 is 0 Å². The van der Waals surface area contributed by atoms with Crippen LogP contribution in [0.25, 0.3) is 0 Å². The number of rotatable bonds is 6. The summed E-state index contributed by atoms with van der Waals surface area (Å²) in [5, 5.41) is 0. The first kappa shape index (κ1) is 18.5. The van der Waals surface area contributed by atoms with Crippen LogP contribution in [0, 0.1) is 5.92 Å². The Morgan fingerprint density at radius 1 is 1.05 bits per heavy atom. The Labute approximate surface area is 125 Å². The van der Waals surface area contributed by atoms with Crippen LogP contribution >= 0.6 is 12.4 Å². The molecule has 2 nitrogen and oxygen atoms in total. The van der Waals surface area contributed by atoms with Gasteiger partial charge in [-0.2, -0.15) is 0 Å². The monoisotopic (exact) mass is 301 g/mol. The minimum Gasteiger partial charge on any atom is -0.544 e. The Bertz CT molecular complexity index is 359. The van der Waals surface area contributed by atoms with Gasteiger partial charge in [0, 0.05) is 6.04 Å². The highest BCUT2D eigenvalue weighted by Gasteiger charge is 2.16. The fourth-order valence-corrected chi connectivity index (χ4v) is 2.66. The molecule has 1 atom stereocenters. The van der Waals surface area contributed by atoms with Crippen LogP contribution in [0.5, 0.6) is 5.75 Å². The van der Waals surface area contributed by atoms with Gasteiger partial charge in [-0.25, -0.2) is 0 Å². The molecule has 0 saturated heterocycles. The van der Waals surface area contributed by atoms with Crippen molar-refractivity contribution < 1.29 is 4.43 Å². The van der Waals surface area contributed by atoms with Crippen LogP contribution in [-0.2, 0) is 0 Å². The molecular weight excluding hydrogens is 274 g/mol. The van der Waals surface area contributed by atoms with Gasteiger partial charge in [0.15, 0.2) is 0 Å². The number of hydrogen-bond donors (Lipinski definition) is 1. The van der Waals surface area contributed by atoms with Gasteiger partial charge < -0.3 is 10.2 Å². The minimum atomic E-state index is -1.50. The van der Waals surface area contributed by atoms with E-state index in [2.05, 4.69) is 45.6 Å². The third kappa shape index (κ3) is 7.60. The Kier molecular flexibility index (Phi) is 7.71. The first-order chi connectivity index (χ1) is 8.28. The molecule has 0 aromatic heterocycles. The molecule has 1 aromatic rings. The highest BCUT2D eigenvalue weighted by atomic mass is 35.5. The zero-order valence-electron chi connectivity index (χ0n) is 12.8. The van der Waals surface area contributed by atoms with Crippen molar-refractivity contribution >= 4 is 20.7 Å². The third-order valence-corrected chi connectivity index (χ3v) is 3.64. The maximum atomic E-state index is 6.19. The molecular formula is C15H28ClNOSi. The quantitative estimate of drug-likeness (QED) is 0.769. The SMILES string of the molecule is CC(C)CC[C@H](N)c1ccc(O[Si](C)(C)C)cc1.Cl. The molecule has 0 saturated carbocycles. The second kappa shape index (κ2) is 7.93. The van der Waals surface area contributed by atoms with Crippen LogP contribution in [0.2, 0.25) is 19.6 Å². The Hall–Kier alpha value is -0.513. The van der Waals surface area contributed by atoms with Crippen molar-refractivity contribution in [2.24, 2.45) is 11.7 Å². The van der Waals surface area contributed by atoms with Crippen molar-refractivity contribution in [3.8, 4) is 5.75 Å². The zero-order chi connectivity index (χ0) is 13.8. The Morgan fingerprint density at radius 3 is 2.00 bits per heavy atom. The predicted molar refractivity (Wildman–Crippen MR) is 88.7 cm³/mol. The van der Waals surface area contributed by atoms with E-state index in [-0.39, 0.29) is 18.4 Å². The number of benzene rings is 1. The molecule has 19 heavy (non-hydrogen) atoms. The molecule has 4 heteroatoms. The molecule has 0 spiro atoms. The molecule has 1 aromatic carbocycles. The molecule has 0 aliphatic rings. The lowest BCUT2D eigenvalue weighted by molar-refractivity contribution is 0.506. The van der Waals surface area contributed by atoms with E-state index in [0.29, 0.717) is 5.92 Å². The maximum Gasteiger partial charge on any atom is 0.242 e. The second-order valence-electron chi connectivity index (χ2n) is 6.36. The highest BCUT2D eigenvalue weighted by Crippen LogP contribution is 2.22. The van der Waals surface area contributed by atoms with Crippen LogP contribution in [0.3, 0.4) is 0 Å². The smallest absolute Gasteiger partial charge is 0.242 e. The van der Waals surface area contributed by atoms with E-state index in [1.807, 2.05) is 12.1 Å². The van der Waals surface area contributed by atoms with Gasteiger partial charge in [-0.05, 0) is 56.1 Å². The van der Waals surface area contributed by atoms with Gasteiger partial charge in [0.2, 0.25) is 8.32 Å². The zero-order valence-corrected chi connectivity index (χ0v) is 14.6. The molecule has 0 radical (unpaired) electrons. The number of nitrogens with two attached hydrogens (primary N) is 1. The summed E-state index contributed by atoms with van der Waals surface area (Å²) < 4.78 is 5.93. The standard InChI is InChI=1S/C15H27NOSi.ClH/c1-12(2)6-11-15(16)13-7-9-14(10-8-13)17-18(3,4)5;/h7-10,12,15H,6,11,16H2,1-5H3;1H/t15-;/m0./s1. The fraction of sp³-hybridized carbons (Fsp3) is 0.600. The molecule has 0 fully saturated rings. The van der Waals surface area contributed by atoms with Gasteiger partial charge in [0.1, 0.15) is 5.75 Å². The van der Waals surface area contributed by atoms with Crippen molar-refractivity contribution in [3.63, 3.8) is 0 Å². The molecule has 0 amide bonds. The van der Waals surface area contributed by atoms with E-state index in [1.165, 1.54) is 12.0 Å². The summed E-state index contributed by atoms with van der Waals surface area (Å²) in [4.78, 5) is 0. The summed E-state index contributed by atoms with van der Waals surface area (Å²) >= 11 is 0. The lowest BCUT2D eigenvalue weighted by Gasteiger charge is -2.20. The van der Waals surface area contributed by atoms with Crippen LogP contribution < -0.4 is 10.2 Å².